The van der Waals surface area contributed by atoms with Gasteiger partial charge in [-0.15, -0.1) is 11.6 Å². The number of aromatic amines is 1. The second-order valence-corrected chi connectivity index (χ2v) is 9.61. The molecular weight excluding hydrogens is 489 g/mol. The number of amides is 4. The van der Waals surface area contributed by atoms with E-state index in [0.717, 1.165) is 30.7 Å². The van der Waals surface area contributed by atoms with Gasteiger partial charge in [-0.3, -0.25) is 4.99 Å². The number of anilines is 1. The summed E-state index contributed by atoms with van der Waals surface area (Å²) in [5, 5.41) is 9.33. The molecule has 2 aromatic heterocycles. The van der Waals surface area contributed by atoms with E-state index < -0.39 is 5.82 Å². The molecule has 5 rings (SSSR count). The molecule has 2 fully saturated rings. The molecule has 0 radical (unpaired) electrons. The highest BCUT2D eigenvalue weighted by molar-refractivity contribution is 6.24. The maximum atomic E-state index is 14.6. The predicted octanol–water partition coefficient (Wildman–Crippen LogP) is 0.633. The predicted molar refractivity (Wildman–Crippen MR) is 133 cm³/mol. The van der Waals surface area contributed by atoms with E-state index in [1.807, 2.05) is 6.08 Å². The molecule has 0 saturated carbocycles. The van der Waals surface area contributed by atoms with Crippen molar-refractivity contribution in [2.24, 2.45) is 4.99 Å². The van der Waals surface area contributed by atoms with Gasteiger partial charge in [-0.2, -0.15) is 0 Å². The van der Waals surface area contributed by atoms with Crippen molar-refractivity contribution in [3.8, 4) is 11.4 Å². The van der Waals surface area contributed by atoms with Crippen molar-refractivity contribution in [3.63, 3.8) is 0 Å². The number of H-pyrrole nitrogens is 1. The molecule has 4 amide bonds. The Bertz CT molecular complexity index is 1250. The third-order valence-corrected chi connectivity index (χ3v) is 6.92. The minimum Gasteiger partial charge on any atom is -0.365 e. The number of nitrogens with one attached hydrogen (secondary N) is 4. The molecule has 13 heteroatoms. The molecule has 2 saturated heterocycles. The van der Waals surface area contributed by atoms with Crippen molar-refractivity contribution < 1.29 is 14.0 Å². The molecule has 2 atom stereocenters. The van der Waals surface area contributed by atoms with Gasteiger partial charge < -0.3 is 30.7 Å². The van der Waals surface area contributed by atoms with Gasteiger partial charge in [-0.1, -0.05) is 6.08 Å². The molecule has 11 nitrogen and oxygen atoms in total. The number of aromatic nitrogens is 3. The first-order valence-corrected chi connectivity index (χ1v) is 12.6. The molecule has 192 valence electrons. The van der Waals surface area contributed by atoms with E-state index in [1.165, 1.54) is 0 Å². The van der Waals surface area contributed by atoms with Gasteiger partial charge in [-0.25, -0.2) is 23.9 Å². The number of likely N-dealkylation sites (tertiary alicyclic amines) is 1. The number of urea groups is 2. The van der Waals surface area contributed by atoms with Gasteiger partial charge in [0.05, 0.1) is 24.2 Å². The second-order valence-electron chi connectivity index (χ2n) is 9.05. The molecule has 0 aliphatic carbocycles. The van der Waals surface area contributed by atoms with E-state index in [-0.39, 0.29) is 29.3 Å². The molecule has 0 bridgehead atoms. The van der Waals surface area contributed by atoms with Crippen LogP contribution in [0.5, 0.6) is 0 Å². The summed E-state index contributed by atoms with van der Waals surface area (Å²) >= 11 is 6.23. The van der Waals surface area contributed by atoms with Crippen LogP contribution in [0.3, 0.4) is 0 Å². The first kappa shape index (κ1) is 24.3. The van der Waals surface area contributed by atoms with Gasteiger partial charge in [0.25, 0.3) is 0 Å². The van der Waals surface area contributed by atoms with Crippen LogP contribution in [0.25, 0.3) is 17.5 Å². The lowest BCUT2D eigenvalue weighted by atomic mass is 10.0. The quantitative estimate of drug-likeness (QED) is 0.400. The Morgan fingerprint density at radius 3 is 3.03 bits per heavy atom. The lowest BCUT2D eigenvalue weighted by molar-refractivity contribution is 0.154. The van der Waals surface area contributed by atoms with Crippen LogP contribution in [0.2, 0.25) is 0 Å². The summed E-state index contributed by atoms with van der Waals surface area (Å²) in [6.45, 7) is 3.57. The van der Waals surface area contributed by atoms with Gasteiger partial charge in [0, 0.05) is 56.2 Å². The lowest BCUT2D eigenvalue weighted by Crippen LogP contribution is -2.52. The van der Waals surface area contributed by atoms with E-state index in [1.54, 1.807) is 16.0 Å². The number of hydrogen-bond donors (Lipinski definition) is 4. The van der Waals surface area contributed by atoms with E-state index in [2.05, 4.69) is 35.9 Å². The number of fused-ring (bicyclic) bond motifs is 1. The fourth-order valence-corrected chi connectivity index (χ4v) is 4.95. The van der Waals surface area contributed by atoms with E-state index in [4.69, 9.17) is 11.6 Å². The minimum atomic E-state index is -0.567. The summed E-state index contributed by atoms with van der Waals surface area (Å²) in [5.74, 6) is -0.128. The smallest absolute Gasteiger partial charge is 0.317 e. The Labute approximate surface area is 212 Å². The molecule has 2 aromatic rings. The van der Waals surface area contributed by atoms with Crippen LogP contribution in [0.4, 0.5) is 19.8 Å². The van der Waals surface area contributed by atoms with Crippen LogP contribution in [0.1, 0.15) is 19.3 Å². The SMILES string of the molecule is O=C1NCCN1CCNC(=O)N1CCCC[C@@H]1CNc1nc(-c2c[nH]c3c2=CC(Cl)CN=3)ncc1F. The highest BCUT2D eigenvalue weighted by Crippen LogP contribution is 2.20. The van der Waals surface area contributed by atoms with Crippen LogP contribution < -0.4 is 26.7 Å². The Morgan fingerprint density at radius 2 is 2.19 bits per heavy atom. The molecule has 1 unspecified atom stereocenters. The summed E-state index contributed by atoms with van der Waals surface area (Å²) in [6.07, 6.45) is 7.47. The van der Waals surface area contributed by atoms with Crippen molar-refractivity contribution in [2.45, 2.75) is 30.7 Å². The minimum absolute atomic E-state index is 0.0797. The largest absolute Gasteiger partial charge is 0.365 e. The Morgan fingerprint density at radius 1 is 1.31 bits per heavy atom. The summed E-state index contributed by atoms with van der Waals surface area (Å²) in [5.41, 5.74) is 1.41. The highest BCUT2D eigenvalue weighted by Gasteiger charge is 2.27. The number of rotatable bonds is 7. The third-order valence-electron chi connectivity index (χ3n) is 6.65. The number of alkyl halides is 1. The van der Waals surface area contributed by atoms with Crippen molar-refractivity contribution in [1.82, 2.24) is 35.4 Å². The normalized spacial score (nSPS) is 21.3. The molecule has 0 spiro atoms. The van der Waals surface area contributed by atoms with Crippen LogP contribution in [-0.2, 0) is 0 Å². The van der Waals surface area contributed by atoms with Gasteiger partial charge in [0.15, 0.2) is 17.5 Å². The molecule has 0 aromatic carbocycles. The van der Waals surface area contributed by atoms with Gasteiger partial charge in [-0.05, 0) is 19.3 Å². The molecule has 3 aliphatic heterocycles. The monoisotopic (exact) mass is 517 g/mol. The number of halogens is 2. The first-order chi connectivity index (χ1) is 17.5. The fraction of sp³-hybridized carbons (Fsp3) is 0.522. The van der Waals surface area contributed by atoms with Crippen LogP contribution in [0, 0.1) is 5.82 Å². The zero-order valence-electron chi connectivity index (χ0n) is 19.8. The average molecular weight is 518 g/mol. The van der Waals surface area contributed by atoms with Crippen LogP contribution in [0.15, 0.2) is 17.4 Å². The standard InChI is InChI=1S/C23H29ClFN9O2/c24-14-9-16-17(12-30-19(16)28-10-14)20-31-13-18(25)21(32-20)29-11-15-3-1-2-6-34(15)23(36)27-5-8-33-7-4-26-22(33)35/h9,12-15H,1-8,10-11H2,(H,26,35)(H,27,36)(H,28,30)(H,29,31,32)/t14?,15-/m1/s1. The van der Waals surface area contributed by atoms with Crippen molar-refractivity contribution in [1.29, 1.82) is 0 Å². The number of nitrogens with zero attached hydrogens (tertiary/aromatic N) is 5. The number of carbonyl (C=O) groups excluding carboxylic acids is 2. The fourth-order valence-electron chi connectivity index (χ4n) is 4.76. The number of piperidine rings is 1. The van der Waals surface area contributed by atoms with Crippen molar-refractivity contribution in [3.05, 3.63) is 28.9 Å². The number of hydrogen-bond acceptors (Lipinski definition) is 6. The van der Waals surface area contributed by atoms with E-state index in [9.17, 15) is 14.0 Å². The van der Waals surface area contributed by atoms with Gasteiger partial charge in [0.1, 0.15) is 5.49 Å². The van der Waals surface area contributed by atoms with E-state index >= 15 is 0 Å². The lowest BCUT2D eigenvalue weighted by Gasteiger charge is -2.36. The maximum absolute atomic E-state index is 14.6. The van der Waals surface area contributed by atoms with Crippen LogP contribution in [-0.4, -0.2) is 94.0 Å². The molecule has 36 heavy (non-hydrogen) atoms. The molecule has 5 heterocycles. The van der Waals surface area contributed by atoms with Crippen molar-refractivity contribution >= 4 is 35.6 Å². The van der Waals surface area contributed by atoms with Gasteiger partial charge in [0.2, 0.25) is 0 Å². The van der Waals surface area contributed by atoms with Crippen LogP contribution >= 0.6 is 11.6 Å². The maximum Gasteiger partial charge on any atom is 0.317 e. The summed E-state index contributed by atoms with van der Waals surface area (Å²) < 4.78 is 14.6. The Balaban J connectivity index is 1.23. The van der Waals surface area contributed by atoms with Crippen molar-refractivity contribution in [2.75, 3.05) is 51.1 Å². The first-order valence-electron chi connectivity index (χ1n) is 12.2. The molecule has 3 aliphatic rings. The van der Waals surface area contributed by atoms with E-state index in [0.29, 0.717) is 62.7 Å². The topological polar surface area (TPSA) is 131 Å². The zero-order valence-corrected chi connectivity index (χ0v) is 20.5. The highest BCUT2D eigenvalue weighted by atomic mass is 35.5. The van der Waals surface area contributed by atoms with Gasteiger partial charge >= 0.3 is 12.1 Å². The third kappa shape index (κ3) is 5.23. The summed E-state index contributed by atoms with van der Waals surface area (Å²) in [4.78, 5) is 44.0. The summed E-state index contributed by atoms with van der Waals surface area (Å²) in [6, 6.07) is -0.403. The zero-order chi connectivity index (χ0) is 25.1. The molecular formula is C23H29ClFN9O2. The Hall–Kier alpha value is -3.41. The average Bonchev–Trinajstić information content (AvgIpc) is 3.49. The second kappa shape index (κ2) is 10.7. The number of carbonyl (C=O) groups is 2. The Kier molecular flexibility index (Phi) is 7.21. The summed E-state index contributed by atoms with van der Waals surface area (Å²) in [7, 11) is 0. The molecule has 4 N–H and O–H groups in total.